The number of hydrogen-bond acceptors (Lipinski definition) is 4. The number of likely N-dealkylation sites (N-methyl/N-ethyl adjacent to an activating group) is 1. The molecule has 0 heterocycles. The molecule has 3 rings (SSSR count). The van der Waals surface area contributed by atoms with Crippen molar-refractivity contribution < 1.29 is 9.59 Å². The average molecular weight is 433 g/mol. The summed E-state index contributed by atoms with van der Waals surface area (Å²) in [6, 6.07) is 22.4. The number of nitrogens with one attached hydrogen (secondary N) is 1. The van der Waals surface area contributed by atoms with Gasteiger partial charge in [0, 0.05) is 13.6 Å². The van der Waals surface area contributed by atoms with Gasteiger partial charge in [-0.25, -0.2) is 0 Å². The molecule has 2 amide bonds. The lowest BCUT2D eigenvalue weighted by Gasteiger charge is -2.29. The van der Waals surface area contributed by atoms with Crippen LogP contribution in [0.4, 0.5) is 0 Å². The van der Waals surface area contributed by atoms with E-state index in [1.54, 1.807) is 7.05 Å². The van der Waals surface area contributed by atoms with Crippen molar-refractivity contribution in [2.24, 2.45) is 11.5 Å². The van der Waals surface area contributed by atoms with Crippen LogP contribution in [-0.2, 0) is 22.6 Å². The van der Waals surface area contributed by atoms with Crippen molar-refractivity contribution in [3.63, 3.8) is 0 Å². The largest absolute Gasteiger partial charge is 0.350 e. The number of benzene rings is 3. The summed E-state index contributed by atoms with van der Waals surface area (Å²) < 4.78 is 0. The van der Waals surface area contributed by atoms with Crippen molar-refractivity contribution in [3.05, 3.63) is 83.9 Å². The minimum absolute atomic E-state index is 0.199. The van der Waals surface area contributed by atoms with Gasteiger partial charge in [0.05, 0.1) is 6.04 Å². The van der Waals surface area contributed by atoms with Crippen LogP contribution in [0.25, 0.3) is 10.8 Å². The van der Waals surface area contributed by atoms with Gasteiger partial charge in [0.1, 0.15) is 6.04 Å². The van der Waals surface area contributed by atoms with Gasteiger partial charge in [-0.15, -0.1) is 0 Å². The van der Waals surface area contributed by atoms with Gasteiger partial charge in [0.15, 0.2) is 0 Å². The first-order chi connectivity index (χ1) is 15.5. The van der Waals surface area contributed by atoms with Crippen LogP contribution in [0.3, 0.4) is 0 Å². The van der Waals surface area contributed by atoms with Gasteiger partial charge in [-0.3, -0.25) is 9.59 Å². The summed E-state index contributed by atoms with van der Waals surface area (Å²) in [5.41, 5.74) is 14.0. The Labute approximate surface area is 189 Å². The van der Waals surface area contributed by atoms with E-state index >= 15 is 0 Å². The standard InChI is InChI=1S/C26H32N4O2/c1-30(24(15-8-16-27)25(31)29-18-19-9-3-2-4-10-19)26(32)23(28)17-21-13-7-12-20-11-5-6-14-22(20)21/h2-7,9-14,23-24H,8,15-18,27-28H2,1H3,(H,29,31). The molecule has 6 nitrogen and oxygen atoms in total. The van der Waals surface area contributed by atoms with E-state index in [1.807, 2.05) is 72.8 Å². The number of carbonyl (C=O) groups excluding carboxylic acids is 2. The van der Waals surface area contributed by atoms with E-state index < -0.39 is 12.1 Å². The Hall–Kier alpha value is -3.22. The molecular formula is C26H32N4O2. The van der Waals surface area contributed by atoms with Gasteiger partial charge in [0.25, 0.3) is 0 Å². The second-order valence-electron chi connectivity index (χ2n) is 8.05. The van der Waals surface area contributed by atoms with Gasteiger partial charge in [-0.05, 0) is 47.7 Å². The van der Waals surface area contributed by atoms with E-state index in [0.717, 1.165) is 21.9 Å². The Balaban J connectivity index is 1.69. The molecule has 0 saturated carbocycles. The molecule has 0 aromatic heterocycles. The normalized spacial score (nSPS) is 12.8. The number of nitrogens with two attached hydrogens (primary N) is 2. The lowest BCUT2D eigenvalue weighted by atomic mass is 9.98. The highest BCUT2D eigenvalue weighted by atomic mass is 16.2. The summed E-state index contributed by atoms with van der Waals surface area (Å²) in [5, 5.41) is 5.14. The molecule has 0 aliphatic carbocycles. The topological polar surface area (TPSA) is 101 Å². The first-order valence-electron chi connectivity index (χ1n) is 11.0. The van der Waals surface area contributed by atoms with Gasteiger partial charge in [0.2, 0.25) is 11.8 Å². The molecule has 0 bridgehead atoms. The predicted molar refractivity (Wildman–Crippen MR) is 129 cm³/mol. The summed E-state index contributed by atoms with van der Waals surface area (Å²) in [7, 11) is 1.65. The molecule has 5 N–H and O–H groups in total. The molecule has 32 heavy (non-hydrogen) atoms. The fourth-order valence-corrected chi connectivity index (χ4v) is 3.92. The molecule has 2 unspecified atom stereocenters. The summed E-state index contributed by atoms with van der Waals surface area (Å²) in [6.07, 6.45) is 1.53. The molecule has 168 valence electrons. The first-order valence-corrected chi connectivity index (χ1v) is 11.0. The zero-order chi connectivity index (χ0) is 22.9. The highest BCUT2D eigenvalue weighted by Crippen LogP contribution is 2.20. The van der Waals surface area contributed by atoms with E-state index in [9.17, 15) is 9.59 Å². The Morgan fingerprint density at radius 2 is 1.66 bits per heavy atom. The summed E-state index contributed by atoms with van der Waals surface area (Å²) >= 11 is 0. The van der Waals surface area contributed by atoms with Crippen LogP contribution in [0, 0.1) is 0 Å². The molecule has 0 aliphatic heterocycles. The van der Waals surface area contributed by atoms with Crippen molar-refractivity contribution in [1.82, 2.24) is 10.2 Å². The van der Waals surface area contributed by atoms with Crippen molar-refractivity contribution in [3.8, 4) is 0 Å². The van der Waals surface area contributed by atoms with Crippen LogP contribution in [0.5, 0.6) is 0 Å². The fraction of sp³-hybridized carbons (Fsp3) is 0.308. The number of rotatable bonds is 10. The van der Waals surface area contributed by atoms with Crippen LogP contribution in [0.1, 0.15) is 24.0 Å². The van der Waals surface area contributed by atoms with E-state index in [0.29, 0.717) is 32.4 Å². The summed E-state index contributed by atoms with van der Waals surface area (Å²) in [6.45, 7) is 0.857. The van der Waals surface area contributed by atoms with Crippen LogP contribution < -0.4 is 16.8 Å². The van der Waals surface area contributed by atoms with Crippen LogP contribution in [-0.4, -0.2) is 42.4 Å². The van der Waals surface area contributed by atoms with E-state index in [2.05, 4.69) is 5.32 Å². The van der Waals surface area contributed by atoms with Gasteiger partial charge in [-0.2, -0.15) is 0 Å². The Bertz CT molecular complexity index is 1030. The minimum Gasteiger partial charge on any atom is -0.350 e. The highest BCUT2D eigenvalue weighted by molar-refractivity contribution is 5.91. The monoisotopic (exact) mass is 432 g/mol. The van der Waals surface area contributed by atoms with Gasteiger partial charge in [-0.1, -0.05) is 72.8 Å². The third kappa shape index (κ3) is 5.93. The van der Waals surface area contributed by atoms with Crippen LogP contribution >= 0.6 is 0 Å². The molecule has 0 aliphatic rings. The van der Waals surface area contributed by atoms with E-state index in [4.69, 9.17) is 11.5 Å². The number of carbonyl (C=O) groups is 2. The molecule has 3 aromatic carbocycles. The molecule has 0 radical (unpaired) electrons. The van der Waals surface area contributed by atoms with Crippen LogP contribution in [0.15, 0.2) is 72.8 Å². The summed E-state index contributed by atoms with van der Waals surface area (Å²) in [4.78, 5) is 27.6. The maximum atomic E-state index is 13.2. The molecular weight excluding hydrogens is 400 g/mol. The van der Waals surface area contributed by atoms with Crippen molar-refractivity contribution in [2.75, 3.05) is 13.6 Å². The summed E-state index contributed by atoms with van der Waals surface area (Å²) in [5.74, 6) is -0.453. The zero-order valence-electron chi connectivity index (χ0n) is 18.5. The Morgan fingerprint density at radius 3 is 2.41 bits per heavy atom. The van der Waals surface area contributed by atoms with Gasteiger partial charge < -0.3 is 21.7 Å². The van der Waals surface area contributed by atoms with E-state index in [-0.39, 0.29) is 11.8 Å². The Kier molecular flexibility index (Phi) is 8.36. The number of hydrogen-bond donors (Lipinski definition) is 3. The highest BCUT2D eigenvalue weighted by Gasteiger charge is 2.29. The number of fused-ring (bicyclic) bond motifs is 1. The third-order valence-electron chi connectivity index (χ3n) is 5.75. The lowest BCUT2D eigenvalue weighted by Crippen LogP contribution is -2.53. The van der Waals surface area contributed by atoms with Crippen LogP contribution in [0.2, 0.25) is 0 Å². The number of nitrogens with zero attached hydrogens (tertiary/aromatic N) is 1. The number of amides is 2. The zero-order valence-corrected chi connectivity index (χ0v) is 18.5. The molecule has 0 spiro atoms. The quantitative estimate of drug-likeness (QED) is 0.458. The smallest absolute Gasteiger partial charge is 0.243 e. The SMILES string of the molecule is CN(C(=O)C(N)Cc1cccc2ccccc12)C(CCCN)C(=O)NCc1ccccc1. The van der Waals surface area contributed by atoms with Crippen molar-refractivity contribution in [2.45, 2.75) is 37.9 Å². The first kappa shape index (κ1) is 23.4. The Morgan fingerprint density at radius 1 is 0.969 bits per heavy atom. The van der Waals surface area contributed by atoms with E-state index in [1.165, 1.54) is 4.90 Å². The van der Waals surface area contributed by atoms with Gasteiger partial charge >= 0.3 is 0 Å². The molecule has 3 aromatic rings. The van der Waals surface area contributed by atoms with Crippen molar-refractivity contribution >= 4 is 22.6 Å². The predicted octanol–water partition coefficient (Wildman–Crippen LogP) is 2.59. The molecule has 2 atom stereocenters. The maximum Gasteiger partial charge on any atom is 0.243 e. The molecule has 6 heteroatoms. The van der Waals surface area contributed by atoms with Crippen molar-refractivity contribution in [1.29, 1.82) is 0 Å². The second kappa shape index (κ2) is 11.4. The average Bonchev–Trinajstić information content (AvgIpc) is 2.83. The lowest BCUT2D eigenvalue weighted by molar-refractivity contribution is -0.140. The fourth-order valence-electron chi connectivity index (χ4n) is 3.92. The minimum atomic E-state index is -0.742. The molecule has 0 saturated heterocycles. The third-order valence-corrected chi connectivity index (χ3v) is 5.75. The molecule has 0 fully saturated rings. The second-order valence-corrected chi connectivity index (χ2v) is 8.05. The maximum absolute atomic E-state index is 13.2.